The number of hydrogen-bond donors (Lipinski definition) is 1. The lowest BCUT2D eigenvalue weighted by atomic mass is 10.00. The minimum Gasteiger partial charge on any atom is -0.383 e. The smallest absolute Gasteiger partial charge is 0.114 e. The van der Waals surface area contributed by atoms with Gasteiger partial charge in [0.05, 0.1) is 4.34 Å². The summed E-state index contributed by atoms with van der Waals surface area (Å²) in [5.74, 6) is 0. The maximum absolute atomic E-state index is 10.3. The topological polar surface area (TPSA) is 20.2 Å². The summed E-state index contributed by atoms with van der Waals surface area (Å²) in [6.07, 6.45) is 0.362. The van der Waals surface area contributed by atoms with Crippen LogP contribution >= 0.6 is 22.9 Å². The van der Waals surface area contributed by atoms with E-state index in [1.54, 1.807) is 0 Å². The molecule has 1 aromatic heterocycles. The van der Waals surface area contributed by atoms with Gasteiger partial charge in [0.15, 0.2) is 0 Å². The SMILES string of the molecule is CCc1ccccc1C(O)c1ccc(Cl)s1. The van der Waals surface area contributed by atoms with Crippen LogP contribution in [0.1, 0.15) is 29.0 Å². The third kappa shape index (κ3) is 2.29. The van der Waals surface area contributed by atoms with E-state index in [1.807, 2.05) is 36.4 Å². The molecule has 0 bridgehead atoms. The molecule has 0 aliphatic carbocycles. The van der Waals surface area contributed by atoms with Gasteiger partial charge in [-0.05, 0) is 29.7 Å². The number of hydrogen-bond acceptors (Lipinski definition) is 2. The van der Waals surface area contributed by atoms with Crippen molar-refractivity contribution in [2.45, 2.75) is 19.4 Å². The average Bonchev–Trinajstić information content (AvgIpc) is 2.75. The van der Waals surface area contributed by atoms with Gasteiger partial charge in [-0.15, -0.1) is 11.3 Å². The third-order valence-electron chi connectivity index (χ3n) is 2.59. The standard InChI is InChI=1S/C13H13ClOS/c1-2-9-5-3-4-6-10(9)13(15)11-7-8-12(14)16-11/h3-8,13,15H,2H2,1H3. The molecule has 1 unspecified atom stereocenters. The fourth-order valence-corrected chi connectivity index (χ4v) is 2.82. The lowest BCUT2D eigenvalue weighted by molar-refractivity contribution is 0.223. The molecule has 0 aliphatic rings. The molecule has 0 aliphatic heterocycles. The van der Waals surface area contributed by atoms with Gasteiger partial charge in [-0.1, -0.05) is 42.8 Å². The maximum Gasteiger partial charge on any atom is 0.114 e. The maximum atomic E-state index is 10.3. The predicted octanol–water partition coefficient (Wildman–Crippen LogP) is 4.05. The zero-order valence-electron chi connectivity index (χ0n) is 8.98. The second-order valence-corrected chi connectivity index (χ2v) is 5.34. The Morgan fingerprint density at radius 3 is 2.62 bits per heavy atom. The second kappa shape index (κ2) is 5.00. The minimum absolute atomic E-state index is 0.561. The Balaban J connectivity index is 2.36. The van der Waals surface area contributed by atoms with Crippen molar-refractivity contribution in [1.29, 1.82) is 0 Å². The summed E-state index contributed by atoms with van der Waals surface area (Å²) in [6, 6.07) is 11.7. The Morgan fingerprint density at radius 2 is 2.00 bits per heavy atom. The molecule has 1 nitrogen and oxygen atoms in total. The number of aryl methyl sites for hydroxylation is 1. The summed E-state index contributed by atoms with van der Waals surface area (Å²) >= 11 is 7.30. The summed E-state index contributed by atoms with van der Waals surface area (Å²) < 4.78 is 0.711. The van der Waals surface area contributed by atoms with Crippen molar-refractivity contribution in [3.8, 4) is 0 Å². The molecule has 1 N–H and O–H groups in total. The summed E-state index contributed by atoms with van der Waals surface area (Å²) in [5.41, 5.74) is 2.16. The molecule has 0 spiro atoms. The van der Waals surface area contributed by atoms with Crippen LogP contribution in [0.5, 0.6) is 0 Å². The molecule has 2 rings (SSSR count). The van der Waals surface area contributed by atoms with Crippen LogP contribution in [0.3, 0.4) is 0 Å². The lowest BCUT2D eigenvalue weighted by Crippen LogP contribution is -2.01. The highest BCUT2D eigenvalue weighted by Gasteiger charge is 2.15. The van der Waals surface area contributed by atoms with Crippen LogP contribution in [0.25, 0.3) is 0 Å². The van der Waals surface area contributed by atoms with Gasteiger partial charge in [0, 0.05) is 4.88 Å². The monoisotopic (exact) mass is 252 g/mol. The number of aliphatic hydroxyl groups is 1. The average molecular weight is 253 g/mol. The van der Waals surface area contributed by atoms with E-state index in [2.05, 4.69) is 6.92 Å². The fourth-order valence-electron chi connectivity index (χ4n) is 1.75. The van der Waals surface area contributed by atoms with E-state index in [-0.39, 0.29) is 0 Å². The zero-order chi connectivity index (χ0) is 11.5. The Hall–Kier alpha value is -0.830. The number of halogens is 1. The number of thiophene rings is 1. The molecule has 0 saturated heterocycles. The summed E-state index contributed by atoms with van der Waals surface area (Å²) in [7, 11) is 0. The van der Waals surface area contributed by atoms with Gasteiger partial charge in [0.1, 0.15) is 6.10 Å². The molecule has 3 heteroatoms. The molecule has 0 fully saturated rings. The van der Waals surface area contributed by atoms with Gasteiger partial charge < -0.3 is 5.11 Å². The molecule has 1 heterocycles. The number of aliphatic hydroxyl groups excluding tert-OH is 1. The van der Waals surface area contributed by atoms with Crippen LogP contribution in [-0.2, 0) is 6.42 Å². The lowest BCUT2D eigenvalue weighted by Gasteiger charge is -2.13. The molecule has 84 valence electrons. The zero-order valence-corrected chi connectivity index (χ0v) is 10.6. The number of benzene rings is 1. The van der Waals surface area contributed by atoms with E-state index in [0.717, 1.165) is 16.9 Å². The first kappa shape index (κ1) is 11.6. The molecular formula is C13H13ClOS. The van der Waals surface area contributed by atoms with Gasteiger partial charge in [0.25, 0.3) is 0 Å². The van der Waals surface area contributed by atoms with Gasteiger partial charge in [0.2, 0.25) is 0 Å². The van der Waals surface area contributed by atoms with Crippen LogP contribution < -0.4 is 0 Å². The van der Waals surface area contributed by atoms with Crippen molar-refractivity contribution in [2.75, 3.05) is 0 Å². The van der Waals surface area contributed by atoms with Crippen LogP contribution in [0.2, 0.25) is 4.34 Å². The van der Waals surface area contributed by atoms with E-state index in [0.29, 0.717) is 4.34 Å². The Morgan fingerprint density at radius 1 is 1.25 bits per heavy atom. The van der Waals surface area contributed by atoms with Gasteiger partial charge in [-0.2, -0.15) is 0 Å². The molecule has 1 atom stereocenters. The summed E-state index contributed by atoms with van der Waals surface area (Å²) in [6.45, 7) is 2.09. The fraction of sp³-hybridized carbons (Fsp3) is 0.231. The van der Waals surface area contributed by atoms with Crippen LogP contribution in [0, 0.1) is 0 Å². The molecule has 16 heavy (non-hydrogen) atoms. The van der Waals surface area contributed by atoms with E-state index < -0.39 is 6.10 Å². The van der Waals surface area contributed by atoms with Crippen LogP contribution in [-0.4, -0.2) is 5.11 Å². The first-order valence-corrected chi connectivity index (χ1v) is 6.43. The molecule has 0 saturated carbocycles. The van der Waals surface area contributed by atoms with E-state index in [9.17, 15) is 5.11 Å². The van der Waals surface area contributed by atoms with E-state index >= 15 is 0 Å². The highest BCUT2D eigenvalue weighted by Crippen LogP contribution is 2.32. The molecule has 0 amide bonds. The summed E-state index contributed by atoms with van der Waals surface area (Å²) in [5, 5.41) is 10.3. The third-order valence-corrected chi connectivity index (χ3v) is 3.88. The predicted molar refractivity (Wildman–Crippen MR) is 69.2 cm³/mol. The van der Waals surface area contributed by atoms with Crippen molar-refractivity contribution >= 4 is 22.9 Å². The van der Waals surface area contributed by atoms with Crippen molar-refractivity contribution in [2.24, 2.45) is 0 Å². The molecular weight excluding hydrogens is 240 g/mol. The number of rotatable bonds is 3. The highest BCUT2D eigenvalue weighted by molar-refractivity contribution is 7.16. The largest absolute Gasteiger partial charge is 0.383 e. The Bertz CT molecular complexity index is 478. The molecule has 1 aromatic carbocycles. The van der Waals surface area contributed by atoms with E-state index in [4.69, 9.17) is 11.6 Å². The van der Waals surface area contributed by atoms with Gasteiger partial charge in [-0.25, -0.2) is 0 Å². The first-order valence-electron chi connectivity index (χ1n) is 5.23. The van der Waals surface area contributed by atoms with Crippen molar-refractivity contribution in [1.82, 2.24) is 0 Å². The quantitative estimate of drug-likeness (QED) is 0.874. The second-order valence-electron chi connectivity index (χ2n) is 3.60. The Labute approximate surface area is 104 Å². The summed E-state index contributed by atoms with van der Waals surface area (Å²) in [4.78, 5) is 0.894. The molecule has 2 aromatic rings. The Kier molecular flexibility index (Phi) is 3.64. The van der Waals surface area contributed by atoms with Crippen molar-refractivity contribution in [3.63, 3.8) is 0 Å². The van der Waals surface area contributed by atoms with Crippen molar-refractivity contribution in [3.05, 3.63) is 56.7 Å². The normalized spacial score (nSPS) is 12.7. The van der Waals surface area contributed by atoms with E-state index in [1.165, 1.54) is 16.9 Å². The van der Waals surface area contributed by atoms with Gasteiger partial charge >= 0.3 is 0 Å². The molecule has 0 radical (unpaired) electrons. The first-order chi connectivity index (χ1) is 7.72. The van der Waals surface area contributed by atoms with Crippen molar-refractivity contribution < 1.29 is 5.11 Å². The highest BCUT2D eigenvalue weighted by atomic mass is 35.5. The van der Waals surface area contributed by atoms with Crippen LogP contribution in [0.4, 0.5) is 0 Å². The van der Waals surface area contributed by atoms with Crippen LogP contribution in [0.15, 0.2) is 36.4 Å². The van der Waals surface area contributed by atoms with Gasteiger partial charge in [-0.3, -0.25) is 0 Å². The minimum atomic E-state index is -0.561.